The molecule has 1 aromatic carbocycles. The molecule has 2 aliphatic rings. The number of rotatable bonds is 12. The largest absolute Gasteiger partial charge is 0.493 e. The van der Waals surface area contributed by atoms with Gasteiger partial charge in [-0.1, -0.05) is 43.3 Å². The fourth-order valence-electron chi connectivity index (χ4n) is 4.94. The number of carboxylic acid groups (broad SMARTS) is 1. The lowest BCUT2D eigenvalue weighted by atomic mass is 9.96. The minimum absolute atomic E-state index is 0.135. The molecule has 0 bridgehead atoms. The lowest BCUT2D eigenvalue weighted by Gasteiger charge is -2.35. The predicted molar refractivity (Wildman–Crippen MR) is 153 cm³/mol. The Bertz CT molecular complexity index is 1300. The molecule has 1 amide bonds. The zero-order valence-electron chi connectivity index (χ0n) is 23.1. The quantitative estimate of drug-likeness (QED) is 0.153. The third-order valence-corrected chi connectivity index (χ3v) is 7.36. The molecule has 3 N–H and O–H groups in total. The van der Waals surface area contributed by atoms with Crippen LogP contribution in [0.4, 0.5) is 0 Å². The monoisotopic (exact) mass is 546 g/mol. The van der Waals surface area contributed by atoms with Gasteiger partial charge in [-0.3, -0.25) is 4.79 Å². The number of benzene rings is 1. The van der Waals surface area contributed by atoms with Crippen LogP contribution < -0.4 is 10.6 Å². The van der Waals surface area contributed by atoms with Crippen LogP contribution in [-0.4, -0.2) is 51.7 Å². The van der Waals surface area contributed by atoms with E-state index in [2.05, 4.69) is 23.6 Å². The number of nitrogens with zero attached hydrogens (tertiary/aromatic N) is 3. The molecule has 2 aromatic rings. The summed E-state index contributed by atoms with van der Waals surface area (Å²) in [5.41, 5.74) is 3.34. The summed E-state index contributed by atoms with van der Waals surface area (Å²) < 4.78 is 11.3. The molecular formula is C31H38N4O5. The molecule has 9 heteroatoms. The van der Waals surface area contributed by atoms with Gasteiger partial charge in [0.15, 0.2) is 0 Å². The van der Waals surface area contributed by atoms with E-state index in [1.165, 1.54) is 5.70 Å². The van der Waals surface area contributed by atoms with Crippen molar-refractivity contribution in [3.8, 4) is 5.75 Å². The molecule has 212 valence electrons. The van der Waals surface area contributed by atoms with Crippen LogP contribution in [0.2, 0.25) is 0 Å². The van der Waals surface area contributed by atoms with Gasteiger partial charge in [0.2, 0.25) is 5.76 Å². The lowest BCUT2D eigenvalue weighted by molar-refractivity contribution is 0.0695. The Morgan fingerprint density at radius 1 is 1.30 bits per heavy atom. The Kier molecular flexibility index (Phi) is 9.96. The molecule has 40 heavy (non-hydrogen) atoms. The number of allylic oxidation sites excluding steroid dienone is 5. The standard InChI is InChI=1S/C31H38N4O5/c1-3-5-10-25(34-18-16-22(17-19-34)21-39-26-11-8-9-23(20-26)31(37)38)15-14-24(4-2)35(32)30(36)29-27-12-6-7-13-28(27)33-40-29/h4,6,8-9,11-12,14-15,20,22H,2-3,5,7,10,13,16-19,21,32H2,1H3,(H,37,38). The normalized spacial score (nSPS) is 16.0. The fraction of sp³-hybridized carbons (Fsp3) is 0.387. The highest BCUT2D eigenvalue weighted by Gasteiger charge is 2.26. The van der Waals surface area contributed by atoms with Gasteiger partial charge in [-0.2, -0.15) is 0 Å². The molecule has 0 radical (unpaired) electrons. The Labute approximate surface area is 235 Å². The number of hydrogen-bond acceptors (Lipinski definition) is 7. The predicted octanol–water partition coefficient (Wildman–Crippen LogP) is 5.58. The van der Waals surface area contributed by atoms with E-state index < -0.39 is 11.9 Å². The van der Waals surface area contributed by atoms with Crippen LogP contribution in [-0.2, 0) is 6.42 Å². The molecule has 4 rings (SSSR count). The number of likely N-dealkylation sites (tertiary alicyclic amines) is 1. The van der Waals surface area contributed by atoms with Crippen LogP contribution in [0, 0.1) is 5.92 Å². The van der Waals surface area contributed by atoms with Gasteiger partial charge in [-0.05, 0) is 80.9 Å². The van der Waals surface area contributed by atoms with Crippen molar-refractivity contribution < 1.29 is 24.0 Å². The van der Waals surface area contributed by atoms with Gasteiger partial charge in [0.05, 0.1) is 29.1 Å². The SMILES string of the molecule is C=CC(=CC=C(CCCC)N1CCC(COc2cccc(C(=O)O)c2)CC1)N(N)C(=O)c1onc2c1C=CCC2. The number of hydrogen-bond donors (Lipinski definition) is 2. The number of piperidine rings is 1. The second kappa shape index (κ2) is 13.8. The number of ether oxygens (including phenoxy) is 1. The van der Waals surface area contributed by atoms with Gasteiger partial charge in [0, 0.05) is 18.8 Å². The van der Waals surface area contributed by atoms with Crippen molar-refractivity contribution in [3.63, 3.8) is 0 Å². The van der Waals surface area contributed by atoms with E-state index in [0.29, 0.717) is 29.5 Å². The first-order chi connectivity index (χ1) is 19.4. The number of unbranched alkanes of at least 4 members (excludes halogenated alkanes) is 1. The van der Waals surface area contributed by atoms with Crippen molar-refractivity contribution in [1.29, 1.82) is 0 Å². The number of carboxylic acids is 1. The van der Waals surface area contributed by atoms with Crippen LogP contribution in [0.5, 0.6) is 5.75 Å². The maximum absolute atomic E-state index is 13.1. The highest BCUT2D eigenvalue weighted by atomic mass is 16.5. The molecular weight excluding hydrogens is 508 g/mol. The topological polar surface area (TPSA) is 122 Å². The number of carbonyl (C=O) groups excluding carboxylic acids is 1. The number of aryl methyl sites for hydroxylation is 1. The van der Waals surface area contributed by atoms with Crippen LogP contribution in [0.15, 0.2) is 71.1 Å². The summed E-state index contributed by atoms with van der Waals surface area (Å²) in [4.78, 5) is 26.7. The molecule has 1 aliphatic heterocycles. The molecule has 2 heterocycles. The first-order valence-electron chi connectivity index (χ1n) is 13.9. The summed E-state index contributed by atoms with van der Waals surface area (Å²) in [7, 11) is 0. The minimum atomic E-state index is -0.963. The van der Waals surface area contributed by atoms with Crippen molar-refractivity contribution >= 4 is 18.0 Å². The van der Waals surface area contributed by atoms with Gasteiger partial charge in [0.25, 0.3) is 0 Å². The highest BCUT2D eigenvalue weighted by molar-refractivity contribution is 5.96. The molecule has 0 spiro atoms. The van der Waals surface area contributed by atoms with Crippen molar-refractivity contribution in [2.24, 2.45) is 11.8 Å². The second-order valence-electron chi connectivity index (χ2n) is 10.1. The summed E-state index contributed by atoms with van der Waals surface area (Å²) >= 11 is 0. The van der Waals surface area contributed by atoms with Crippen molar-refractivity contribution in [2.45, 2.75) is 51.9 Å². The van der Waals surface area contributed by atoms with Gasteiger partial charge in [-0.15, -0.1) is 0 Å². The molecule has 0 unspecified atom stereocenters. The number of hydrazine groups is 1. The Hall–Kier alpha value is -4.11. The number of fused-ring (bicyclic) bond motifs is 1. The summed E-state index contributed by atoms with van der Waals surface area (Å²) in [6.07, 6.45) is 15.9. The first-order valence-corrected chi connectivity index (χ1v) is 13.9. The van der Waals surface area contributed by atoms with Crippen LogP contribution in [0.1, 0.15) is 77.6 Å². The van der Waals surface area contributed by atoms with Crippen LogP contribution >= 0.6 is 0 Å². The molecule has 9 nitrogen and oxygen atoms in total. The second-order valence-corrected chi connectivity index (χ2v) is 10.1. The maximum Gasteiger partial charge on any atom is 0.335 e. The van der Waals surface area contributed by atoms with E-state index in [-0.39, 0.29) is 11.3 Å². The molecule has 0 atom stereocenters. The van der Waals surface area contributed by atoms with Crippen molar-refractivity contribution in [3.05, 3.63) is 89.1 Å². The van der Waals surface area contributed by atoms with E-state index in [4.69, 9.17) is 15.1 Å². The number of carbonyl (C=O) groups is 2. The smallest absolute Gasteiger partial charge is 0.335 e. The Morgan fingerprint density at radius 3 is 2.83 bits per heavy atom. The molecule has 0 saturated carbocycles. The summed E-state index contributed by atoms with van der Waals surface area (Å²) in [6.45, 7) is 8.35. The zero-order chi connectivity index (χ0) is 28.5. The summed E-state index contributed by atoms with van der Waals surface area (Å²) in [6, 6.07) is 6.61. The van der Waals surface area contributed by atoms with E-state index >= 15 is 0 Å². The lowest BCUT2D eigenvalue weighted by Crippen LogP contribution is -2.36. The van der Waals surface area contributed by atoms with E-state index in [9.17, 15) is 14.7 Å². The van der Waals surface area contributed by atoms with Gasteiger partial charge >= 0.3 is 11.9 Å². The molecule has 1 saturated heterocycles. The maximum atomic E-state index is 13.1. The van der Waals surface area contributed by atoms with Crippen molar-refractivity contribution in [2.75, 3.05) is 19.7 Å². The van der Waals surface area contributed by atoms with Crippen LogP contribution in [0.25, 0.3) is 6.08 Å². The summed E-state index contributed by atoms with van der Waals surface area (Å²) in [5, 5.41) is 14.3. The number of aromatic carboxylic acids is 1. The third-order valence-electron chi connectivity index (χ3n) is 7.36. The molecule has 1 aliphatic carbocycles. The average molecular weight is 547 g/mol. The third kappa shape index (κ3) is 7.09. The van der Waals surface area contributed by atoms with E-state index in [1.807, 2.05) is 24.3 Å². The van der Waals surface area contributed by atoms with Crippen LogP contribution in [0.3, 0.4) is 0 Å². The summed E-state index contributed by atoms with van der Waals surface area (Å²) in [5.74, 6) is 5.90. The number of amides is 1. The zero-order valence-corrected chi connectivity index (χ0v) is 23.1. The highest BCUT2D eigenvalue weighted by Crippen LogP contribution is 2.26. The van der Waals surface area contributed by atoms with E-state index in [1.54, 1.807) is 30.3 Å². The number of aromatic nitrogens is 1. The van der Waals surface area contributed by atoms with E-state index in [0.717, 1.165) is 68.7 Å². The number of nitrogens with two attached hydrogens (primary N) is 1. The van der Waals surface area contributed by atoms with Gasteiger partial charge in [-0.25, -0.2) is 15.6 Å². The Morgan fingerprint density at radius 2 is 2.10 bits per heavy atom. The molecule has 1 aromatic heterocycles. The average Bonchev–Trinajstić information content (AvgIpc) is 3.42. The minimum Gasteiger partial charge on any atom is -0.493 e. The fourth-order valence-corrected chi connectivity index (χ4v) is 4.94. The Balaban J connectivity index is 1.39. The first kappa shape index (κ1) is 28.9. The molecule has 1 fully saturated rings. The van der Waals surface area contributed by atoms with Gasteiger partial charge in [0.1, 0.15) is 5.75 Å². The van der Waals surface area contributed by atoms with Gasteiger partial charge < -0.3 is 19.3 Å². The van der Waals surface area contributed by atoms with Crippen molar-refractivity contribution in [1.82, 2.24) is 15.1 Å².